The fourth-order valence-corrected chi connectivity index (χ4v) is 2.07. The molecule has 1 saturated heterocycles. The van der Waals surface area contributed by atoms with Crippen molar-refractivity contribution in [3.05, 3.63) is 0 Å². The normalized spacial score (nSPS) is 25.8. The van der Waals surface area contributed by atoms with Gasteiger partial charge >= 0.3 is 6.01 Å². The molecule has 6 heteroatoms. The van der Waals surface area contributed by atoms with Crippen LogP contribution < -0.4 is 15.0 Å². The zero-order valence-corrected chi connectivity index (χ0v) is 10.0. The Hall–Kier alpha value is -1.30. The highest BCUT2D eigenvalue weighted by Gasteiger charge is 2.23. The Bertz CT molecular complexity index is 330. The van der Waals surface area contributed by atoms with Crippen molar-refractivity contribution in [1.29, 1.82) is 0 Å². The van der Waals surface area contributed by atoms with Crippen molar-refractivity contribution >= 4 is 5.95 Å². The molecule has 2 atom stereocenters. The van der Waals surface area contributed by atoms with Crippen LogP contribution in [0.1, 0.15) is 20.8 Å². The van der Waals surface area contributed by atoms with Crippen molar-refractivity contribution in [3.63, 3.8) is 0 Å². The Morgan fingerprint density at radius 2 is 2.06 bits per heavy atom. The predicted octanol–water partition coefficient (Wildman–Crippen LogP) is 0.390. The standard InChI is InChI=1S/C10H19N5O/c1-4-16-10-12-9(13-14-10)15-5-7(2)11-8(3)6-15/h7-8,11H,4-6H2,1-3H3,(H,12,13,14). The van der Waals surface area contributed by atoms with Crippen molar-refractivity contribution in [2.75, 3.05) is 24.6 Å². The first-order chi connectivity index (χ1) is 7.69. The van der Waals surface area contributed by atoms with Gasteiger partial charge in [0.05, 0.1) is 6.61 Å². The van der Waals surface area contributed by atoms with E-state index < -0.39 is 0 Å². The summed E-state index contributed by atoms with van der Waals surface area (Å²) in [6.45, 7) is 8.72. The van der Waals surface area contributed by atoms with Crippen molar-refractivity contribution in [2.45, 2.75) is 32.9 Å². The second-order valence-electron chi connectivity index (χ2n) is 4.25. The Labute approximate surface area is 95.4 Å². The third kappa shape index (κ3) is 2.44. The van der Waals surface area contributed by atoms with Gasteiger partial charge in [-0.25, -0.2) is 5.10 Å². The van der Waals surface area contributed by atoms with Crippen molar-refractivity contribution in [1.82, 2.24) is 20.5 Å². The molecule has 1 aliphatic rings. The summed E-state index contributed by atoms with van der Waals surface area (Å²) >= 11 is 0. The minimum atomic E-state index is 0.427. The third-order valence-corrected chi connectivity index (χ3v) is 2.58. The maximum absolute atomic E-state index is 5.24. The first-order valence-electron chi connectivity index (χ1n) is 5.75. The van der Waals surface area contributed by atoms with E-state index in [1.165, 1.54) is 0 Å². The van der Waals surface area contributed by atoms with Gasteiger partial charge in [-0.2, -0.15) is 4.98 Å². The topological polar surface area (TPSA) is 66.1 Å². The number of hydrogen-bond acceptors (Lipinski definition) is 5. The molecule has 2 heterocycles. The van der Waals surface area contributed by atoms with Gasteiger partial charge in [0.15, 0.2) is 0 Å². The molecule has 0 spiro atoms. The number of piperazine rings is 1. The van der Waals surface area contributed by atoms with Crippen LogP contribution in [0.3, 0.4) is 0 Å². The number of ether oxygens (including phenoxy) is 1. The highest BCUT2D eigenvalue weighted by atomic mass is 16.5. The Morgan fingerprint density at radius 3 is 2.69 bits per heavy atom. The van der Waals surface area contributed by atoms with Gasteiger partial charge in [0.25, 0.3) is 0 Å². The van der Waals surface area contributed by atoms with Crippen molar-refractivity contribution in [2.24, 2.45) is 0 Å². The molecular formula is C10H19N5O. The molecule has 1 fully saturated rings. The van der Waals surface area contributed by atoms with Gasteiger partial charge in [0.1, 0.15) is 0 Å². The summed E-state index contributed by atoms with van der Waals surface area (Å²) in [6, 6.07) is 1.35. The van der Waals surface area contributed by atoms with E-state index in [2.05, 4.69) is 39.2 Å². The van der Waals surface area contributed by atoms with E-state index in [-0.39, 0.29) is 0 Å². The molecule has 1 aromatic rings. The Morgan fingerprint density at radius 1 is 1.38 bits per heavy atom. The molecule has 1 aromatic heterocycles. The van der Waals surface area contributed by atoms with E-state index in [1.54, 1.807) is 0 Å². The summed E-state index contributed by atoms with van der Waals surface area (Å²) in [5.41, 5.74) is 0. The molecule has 2 rings (SSSR count). The number of aromatic amines is 1. The van der Waals surface area contributed by atoms with Crippen LogP contribution in [-0.4, -0.2) is 47.0 Å². The minimum absolute atomic E-state index is 0.427. The summed E-state index contributed by atoms with van der Waals surface area (Å²) in [7, 11) is 0. The molecule has 6 nitrogen and oxygen atoms in total. The van der Waals surface area contributed by atoms with Gasteiger partial charge in [-0.15, -0.1) is 5.10 Å². The second kappa shape index (κ2) is 4.69. The van der Waals surface area contributed by atoms with Crippen LogP contribution in [0, 0.1) is 0 Å². The maximum atomic E-state index is 5.24. The lowest BCUT2D eigenvalue weighted by atomic mass is 10.1. The molecule has 0 saturated carbocycles. The van der Waals surface area contributed by atoms with E-state index in [0.29, 0.717) is 24.7 Å². The van der Waals surface area contributed by atoms with Gasteiger partial charge in [-0.05, 0) is 20.8 Å². The largest absolute Gasteiger partial charge is 0.463 e. The third-order valence-electron chi connectivity index (χ3n) is 2.58. The number of aromatic nitrogens is 3. The van der Waals surface area contributed by atoms with Crippen molar-refractivity contribution in [3.8, 4) is 6.01 Å². The van der Waals surface area contributed by atoms with E-state index in [9.17, 15) is 0 Å². The van der Waals surface area contributed by atoms with Crippen LogP contribution in [0.4, 0.5) is 5.95 Å². The quantitative estimate of drug-likeness (QED) is 0.779. The summed E-state index contributed by atoms with van der Waals surface area (Å²) in [5, 5.41) is 10.4. The average Bonchev–Trinajstić information content (AvgIpc) is 2.65. The smallest absolute Gasteiger partial charge is 0.337 e. The maximum Gasteiger partial charge on any atom is 0.337 e. The molecule has 0 aromatic carbocycles. The monoisotopic (exact) mass is 225 g/mol. The van der Waals surface area contributed by atoms with Gasteiger partial charge in [-0.3, -0.25) is 0 Å². The number of H-pyrrole nitrogens is 1. The lowest BCUT2D eigenvalue weighted by Crippen LogP contribution is -2.54. The molecule has 0 radical (unpaired) electrons. The SMILES string of the molecule is CCOc1n[nH]c(N2CC(C)NC(C)C2)n1. The highest BCUT2D eigenvalue weighted by molar-refractivity contribution is 5.31. The number of rotatable bonds is 3. The molecule has 0 amide bonds. The lowest BCUT2D eigenvalue weighted by molar-refractivity contribution is 0.314. The summed E-state index contributed by atoms with van der Waals surface area (Å²) in [5.74, 6) is 0.795. The first kappa shape index (κ1) is 11.2. The van der Waals surface area contributed by atoms with Gasteiger partial charge in [0, 0.05) is 25.2 Å². The predicted molar refractivity (Wildman–Crippen MR) is 61.8 cm³/mol. The molecule has 2 N–H and O–H groups in total. The number of nitrogens with one attached hydrogen (secondary N) is 2. The summed E-state index contributed by atoms with van der Waals surface area (Å²) in [6.07, 6.45) is 0. The second-order valence-corrected chi connectivity index (χ2v) is 4.25. The van der Waals surface area contributed by atoms with Crippen LogP contribution in [-0.2, 0) is 0 Å². The number of anilines is 1. The van der Waals surface area contributed by atoms with E-state index in [0.717, 1.165) is 19.0 Å². The van der Waals surface area contributed by atoms with E-state index in [1.807, 2.05) is 6.92 Å². The van der Waals surface area contributed by atoms with E-state index in [4.69, 9.17) is 4.74 Å². The number of nitrogens with zero attached hydrogens (tertiary/aromatic N) is 3. The average molecular weight is 225 g/mol. The minimum Gasteiger partial charge on any atom is -0.463 e. The molecule has 1 aliphatic heterocycles. The van der Waals surface area contributed by atoms with Gasteiger partial charge in [0.2, 0.25) is 5.95 Å². The molecule has 2 unspecified atom stereocenters. The van der Waals surface area contributed by atoms with Crippen LogP contribution in [0.2, 0.25) is 0 Å². The van der Waals surface area contributed by atoms with Crippen LogP contribution in [0.5, 0.6) is 6.01 Å². The van der Waals surface area contributed by atoms with Gasteiger partial charge in [-0.1, -0.05) is 0 Å². The first-order valence-corrected chi connectivity index (χ1v) is 5.75. The van der Waals surface area contributed by atoms with Crippen molar-refractivity contribution < 1.29 is 4.74 Å². The van der Waals surface area contributed by atoms with Crippen LogP contribution in [0.25, 0.3) is 0 Å². The molecule has 16 heavy (non-hydrogen) atoms. The zero-order chi connectivity index (χ0) is 11.5. The fourth-order valence-electron chi connectivity index (χ4n) is 2.07. The van der Waals surface area contributed by atoms with Crippen LogP contribution >= 0.6 is 0 Å². The lowest BCUT2D eigenvalue weighted by Gasteiger charge is -2.35. The van der Waals surface area contributed by atoms with Crippen LogP contribution in [0.15, 0.2) is 0 Å². The van der Waals surface area contributed by atoms with Gasteiger partial charge < -0.3 is 15.0 Å². The highest BCUT2D eigenvalue weighted by Crippen LogP contribution is 2.14. The summed E-state index contributed by atoms with van der Waals surface area (Å²) < 4.78 is 5.24. The van der Waals surface area contributed by atoms with E-state index >= 15 is 0 Å². The molecule has 90 valence electrons. The Balaban J connectivity index is 2.04. The fraction of sp³-hybridized carbons (Fsp3) is 0.800. The zero-order valence-electron chi connectivity index (χ0n) is 10.0. The molecule has 0 aliphatic carbocycles. The number of hydrogen-bond donors (Lipinski definition) is 2. The molecule has 0 bridgehead atoms. The Kier molecular flexibility index (Phi) is 3.28. The summed E-state index contributed by atoms with van der Waals surface area (Å²) in [4.78, 5) is 6.50. The molecular weight excluding hydrogens is 206 g/mol.